The van der Waals surface area contributed by atoms with E-state index in [1.54, 1.807) is 0 Å². The lowest BCUT2D eigenvalue weighted by molar-refractivity contribution is -0.134. The lowest BCUT2D eigenvalue weighted by Crippen LogP contribution is -2.39. The third kappa shape index (κ3) is 3.98. The number of likely N-dealkylation sites (tertiary alicyclic amines) is 1. The Hall–Kier alpha value is -0.570. The summed E-state index contributed by atoms with van der Waals surface area (Å²) in [5, 5.41) is 0. The molecule has 1 aliphatic rings. The number of amides is 1. The number of carbonyl (C=O) groups is 1. The molecule has 0 aliphatic carbocycles. The number of hydrogen-bond acceptors (Lipinski definition) is 2. The highest BCUT2D eigenvalue weighted by molar-refractivity contribution is 5.77. The first-order valence-electron chi connectivity index (χ1n) is 7.11. The maximum absolute atomic E-state index is 12.2. The van der Waals surface area contributed by atoms with Crippen LogP contribution in [-0.2, 0) is 4.79 Å². The van der Waals surface area contributed by atoms with E-state index in [9.17, 15) is 4.79 Å². The highest BCUT2D eigenvalue weighted by Crippen LogP contribution is 2.27. The van der Waals surface area contributed by atoms with Gasteiger partial charge >= 0.3 is 0 Å². The predicted molar refractivity (Wildman–Crippen MR) is 71.7 cm³/mol. The molecular formula is C14H28N2O. The Labute approximate surface area is 106 Å². The van der Waals surface area contributed by atoms with Crippen LogP contribution >= 0.6 is 0 Å². The van der Waals surface area contributed by atoms with Crippen molar-refractivity contribution in [1.82, 2.24) is 4.90 Å². The second-order valence-corrected chi connectivity index (χ2v) is 5.51. The summed E-state index contributed by atoms with van der Waals surface area (Å²) in [6.07, 6.45) is 6.15. The fourth-order valence-corrected chi connectivity index (χ4v) is 2.85. The van der Waals surface area contributed by atoms with Gasteiger partial charge in [0.25, 0.3) is 0 Å². The van der Waals surface area contributed by atoms with E-state index in [0.29, 0.717) is 30.3 Å². The van der Waals surface area contributed by atoms with Gasteiger partial charge in [-0.05, 0) is 51.5 Å². The minimum absolute atomic E-state index is 0.353. The van der Waals surface area contributed by atoms with Crippen molar-refractivity contribution in [3.63, 3.8) is 0 Å². The molecule has 0 bridgehead atoms. The van der Waals surface area contributed by atoms with Gasteiger partial charge in [0.15, 0.2) is 0 Å². The van der Waals surface area contributed by atoms with Gasteiger partial charge < -0.3 is 10.6 Å². The van der Waals surface area contributed by atoms with Gasteiger partial charge in [-0.3, -0.25) is 4.79 Å². The second-order valence-electron chi connectivity index (χ2n) is 5.51. The Morgan fingerprint density at radius 2 is 2.12 bits per heavy atom. The largest absolute Gasteiger partial charge is 0.337 e. The maximum atomic E-state index is 12.2. The summed E-state index contributed by atoms with van der Waals surface area (Å²) in [6.45, 7) is 7.27. The predicted octanol–water partition coefficient (Wildman–Crippen LogP) is 2.54. The van der Waals surface area contributed by atoms with Crippen molar-refractivity contribution >= 4 is 5.91 Å². The molecule has 0 spiro atoms. The third-order valence-corrected chi connectivity index (χ3v) is 4.06. The fourth-order valence-electron chi connectivity index (χ4n) is 2.85. The maximum Gasteiger partial charge on any atom is 0.223 e. The molecule has 2 N–H and O–H groups in total. The van der Waals surface area contributed by atoms with Crippen molar-refractivity contribution in [3.05, 3.63) is 0 Å². The molecule has 100 valence electrons. The first-order valence-corrected chi connectivity index (χ1v) is 7.11. The summed E-state index contributed by atoms with van der Waals surface area (Å²) in [4.78, 5) is 14.4. The van der Waals surface area contributed by atoms with Gasteiger partial charge in [-0.25, -0.2) is 0 Å². The first-order chi connectivity index (χ1) is 8.10. The van der Waals surface area contributed by atoms with E-state index in [0.717, 1.165) is 25.8 Å². The molecule has 1 rings (SSSR count). The number of carbonyl (C=O) groups excluding carboxylic acids is 1. The normalized spacial score (nSPS) is 26.2. The van der Waals surface area contributed by atoms with Crippen molar-refractivity contribution < 1.29 is 4.79 Å². The molecule has 1 aliphatic heterocycles. The molecular weight excluding hydrogens is 212 g/mol. The highest BCUT2D eigenvalue weighted by Gasteiger charge is 2.32. The molecule has 3 unspecified atom stereocenters. The quantitative estimate of drug-likeness (QED) is 0.775. The molecule has 0 radical (unpaired) electrons. The molecule has 17 heavy (non-hydrogen) atoms. The van der Waals surface area contributed by atoms with E-state index in [1.807, 2.05) is 0 Å². The lowest BCUT2D eigenvalue weighted by atomic mass is 10.0. The molecule has 3 heteroatoms. The molecule has 0 saturated carbocycles. The summed E-state index contributed by atoms with van der Waals surface area (Å²) >= 11 is 0. The molecule has 0 aromatic carbocycles. The topological polar surface area (TPSA) is 46.3 Å². The van der Waals surface area contributed by atoms with Gasteiger partial charge in [-0.15, -0.1) is 0 Å². The van der Waals surface area contributed by atoms with Crippen LogP contribution in [0.15, 0.2) is 0 Å². The average Bonchev–Trinajstić information content (AvgIpc) is 2.68. The van der Waals surface area contributed by atoms with Crippen LogP contribution in [0.3, 0.4) is 0 Å². The molecule has 3 nitrogen and oxygen atoms in total. The smallest absolute Gasteiger partial charge is 0.223 e. The van der Waals surface area contributed by atoms with E-state index < -0.39 is 0 Å². The van der Waals surface area contributed by atoms with E-state index in [2.05, 4.69) is 25.7 Å². The molecule has 1 fully saturated rings. The summed E-state index contributed by atoms with van der Waals surface area (Å²) in [7, 11) is 0. The zero-order chi connectivity index (χ0) is 12.8. The Morgan fingerprint density at radius 3 is 2.71 bits per heavy atom. The van der Waals surface area contributed by atoms with Crippen LogP contribution in [0.5, 0.6) is 0 Å². The molecule has 1 heterocycles. The molecule has 0 aromatic heterocycles. The van der Waals surface area contributed by atoms with Gasteiger partial charge in [-0.2, -0.15) is 0 Å². The fraction of sp³-hybridized carbons (Fsp3) is 0.929. The van der Waals surface area contributed by atoms with Crippen LogP contribution in [0.2, 0.25) is 0 Å². The second kappa shape index (κ2) is 7.00. The third-order valence-electron chi connectivity index (χ3n) is 4.06. The summed E-state index contributed by atoms with van der Waals surface area (Å²) < 4.78 is 0. The van der Waals surface area contributed by atoms with Crippen molar-refractivity contribution in [2.75, 3.05) is 6.54 Å². The zero-order valence-corrected chi connectivity index (χ0v) is 11.6. The average molecular weight is 240 g/mol. The Morgan fingerprint density at radius 1 is 1.41 bits per heavy atom. The SMILES string of the molecule is CCC1CCC(C)N1C(=O)CCC(C)CCN. The van der Waals surface area contributed by atoms with Gasteiger partial charge in [0.05, 0.1) is 0 Å². The summed E-state index contributed by atoms with van der Waals surface area (Å²) in [5.74, 6) is 0.924. The van der Waals surface area contributed by atoms with E-state index >= 15 is 0 Å². The minimum atomic E-state index is 0.353. The van der Waals surface area contributed by atoms with Crippen LogP contribution < -0.4 is 5.73 Å². The van der Waals surface area contributed by atoms with E-state index in [-0.39, 0.29) is 0 Å². The van der Waals surface area contributed by atoms with Crippen molar-refractivity contribution in [3.8, 4) is 0 Å². The highest BCUT2D eigenvalue weighted by atomic mass is 16.2. The van der Waals surface area contributed by atoms with Crippen LogP contribution in [0.1, 0.15) is 59.3 Å². The number of nitrogens with zero attached hydrogens (tertiary/aromatic N) is 1. The van der Waals surface area contributed by atoms with E-state index in [4.69, 9.17) is 5.73 Å². The van der Waals surface area contributed by atoms with Gasteiger partial charge in [0.2, 0.25) is 5.91 Å². The van der Waals surface area contributed by atoms with Crippen LogP contribution in [-0.4, -0.2) is 29.4 Å². The number of hydrogen-bond donors (Lipinski definition) is 1. The molecule has 0 aromatic rings. The lowest BCUT2D eigenvalue weighted by Gasteiger charge is -2.28. The van der Waals surface area contributed by atoms with E-state index in [1.165, 1.54) is 12.8 Å². The Kier molecular flexibility index (Phi) is 5.96. The van der Waals surface area contributed by atoms with Crippen LogP contribution in [0, 0.1) is 5.92 Å². The zero-order valence-electron chi connectivity index (χ0n) is 11.6. The Bertz CT molecular complexity index is 242. The van der Waals surface area contributed by atoms with Gasteiger partial charge in [-0.1, -0.05) is 13.8 Å². The summed E-state index contributed by atoms with van der Waals surface area (Å²) in [5.41, 5.74) is 5.53. The van der Waals surface area contributed by atoms with Crippen LogP contribution in [0.4, 0.5) is 0 Å². The minimum Gasteiger partial charge on any atom is -0.337 e. The van der Waals surface area contributed by atoms with Crippen molar-refractivity contribution in [1.29, 1.82) is 0 Å². The number of nitrogens with two attached hydrogens (primary N) is 1. The Balaban J connectivity index is 2.40. The molecule has 3 atom stereocenters. The molecule has 1 amide bonds. The van der Waals surface area contributed by atoms with Gasteiger partial charge in [0, 0.05) is 18.5 Å². The van der Waals surface area contributed by atoms with Crippen molar-refractivity contribution in [2.24, 2.45) is 11.7 Å². The number of rotatable bonds is 6. The standard InChI is InChI=1S/C14H28N2O/c1-4-13-7-6-12(3)16(13)14(17)8-5-11(2)9-10-15/h11-13H,4-10,15H2,1-3H3. The monoisotopic (exact) mass is 240 g/mol. The van der Waals surface area contributed by atoms with Crippen LogP contribution in [0.25, 0.3) is 0 Å². The van der Waals surface area contributed by atoms with Gasteiger partial charge in [0.1, 0.15) is 0 Å². The summed E-state index contributed by atoms with van der Waals surface area (Å²) in [6, 6.07) is 0.930. The first kappa shape index (κ1) is 14.5. The van der Waals surface area contributed by atoms with Crippen molar-refractivity contribution in [2.45, 2.75) is 71.4 Å². The molecule has 1 saturated heterocycles.